The number of rotatable bonds is 7. The van der Waals surface area contributed by atoms with Crippen LogP contribution >= 0.6 is 0 Å². The van der Waals surface area contributed by atoms with Crippen LogP contribution in [0.25, 0.3) is 11.0 Å². The van der Waals surface area contributed by atoms with Crippen molar-refractivity contribution in [3.63, 3.8) is 0 Å². The van der Waals surface area contributed by atoms with Crippen LogP contribution < -0.4 is 19.8 Å². The molecule has 184 valence electrons. The summed E-state index contributed by atoms with van der Waals surface area (Å²) < 4.78 is 31.5. The number of fused-ring (bicyclic) bond motifs is 2. The molecule has 0 spiro atoms. The molecule has 1 aliphatic heterocycles. The van der Waals surface area contributed by atoms with Gasteiger partial charge in [0.15, 0.2) is 16.9 Å². The van der Waals surface area contributed by atoms with Crippen molar-refractivity contribution in [2.45, 2.75) is 33.2 Å². The summed E-state index contributed by atoms with van der Waals surface area (Å²) in [5.41, 5.74) is 2.28. The first-order valence-corrected chi connectivity index (χ1v) is 12.0. The second kappa shape index (κ2) is 9.49. The highest BCUT2D eigenvalue weighted by atomic mass is 19.1. The van der Waals surface area contributed by atoms with E-state index >= 15 is 0 Å². The normalized spacial score (nSPS) is 14.8. The van der Waals surface area contributed by atoms with Gasteiger partial charge in [-0.3, -0.25) is 14.5 Å². The Labute approximate surface area is 207 Å². The Hall–Kier alpha value is -4.13. The lowest BCUT2D eigenvalue weighted by molar-refractivity contribution is 0.0971. The van der Waals surface area contributed by atoms with Gasteiger partial charge >= 0.3 is 0 Å². The van der Waals surface area contributed by atoms with E-state index in [0.29, 0.717) is 36.0 Å². The summed E-state index contributed by atoms with van der Waals surface area (Å²) >= 11 is 0. The molecular formula is C29H26FNO5. The minimum absolute atomic E-state index is 0.0458. The van der Waals surface area contributed by atoms with Crippen LogP contribution in [-0.4, -0.2) is 19.1 Å². The molecule has 7 heteroatoms. The van der Waals surface area contributed by atoms with Gasteiger partial charge in [-0.2, -0.15) is 0 Å². The molecule has 6 nitrogen and oxygen atoms in total. The zero-order chi connectivity index (χ0) is 25.4. The van der Waals surface area contributed by atoms with Gasteiger partial charge in [0.25, 0.3) is 5.91 Å². The lowest BCUT2D eigenvalue weighted by Gasteiger charge is -2.26. The Balaban J connectivity index is 1.76. The van der Waals surface area contributed by atoms with Crippen molar-refractivity contribution in [1.29, 1.82) is 0 Å². The SMILES string of the molecule is CCOc1ccc(C2c3c(oc4ccc(F)cc4c3=O)C(=O)N2c2ccc(CC)cc2)cc1OCC. The molecule has 5 rings (SSSR count). The first kappa shape index (κ1) is 23.6. The van der Waals surface area contributed by atoms with E-state index in [9.17, 15) is 14.0 Å². The van der Waals surface area contributed by atoms with E-state index in [1.165, 1.54) is 12.1 Å². The Bertz CT molecular complexity index is 1510. The summed E-state index contributed by atoms with van der Waals surface area (Å²) in [6.07, 6.45) is 0.853. The van der Waals surface area contributed by atoms with Crippen LogP contribution in [0.1, 0.15) is 54.1 Å². The molecule has 0 bridgehead atoms. The molecule has 1 unspecified atom stereocenters. The molecule has 36 heavy (non-hydrogen) atoms. The van der Waals surface area contributed by atoms with E-state index in [1.807, 2.05) is 44.2 Å². The van der Waals surface area contributed by atoms with Gasteiger partial charge < -0.3 is 13.9 Å². The molecule has 1 amide bonds. The van der Waals surface area contributed by atoms with Gasteiger partial charge in [-0.15, -0.1) is 0 Å². The second-order valence-electron chi connectivity index (χ2n) is 8.48. The zero-order valence-electron chi connectivity index (χ0n) is 20.3. The highest BCUT2D eigenvalue weighted by molar-refractivity contribution is 6.10. The lowest BCUT2D eigenvalue weighted by Crippen LogP contribution is -2.29. The summed E-state index contributed by atoms with van der Waals surface area (Å²) in [6, 6.07) is 15.9. The number of carbonyl (C=O) groups is 1. The molecule has 3 aromatic carbocycles. The fourth-order valence-electron chi connectivity index (χ4n) is 4.66. The first-order valence-electron chi connectivity index (χ1n) is 12.0. The maximum atomic E-state index is 14.0. The summed E-state index contributed by atoms with van der Waals surface area (Å²) in [5.74, 6) is 0.0432. The number of halogens is 1. The van der Waals surface area contributed by atoms with Crippen LogP contribution in [0.3, 0.4) is 0 Å². The smallest absolute Gasteiger partial charge is 0.295 e. The van der Waals surface area contributed by atoms with Gasteiger partial charge in [0.05, 0.1) is 30.2 Å². The van der Waals surface area contributed by atoms with Gasteiger partial charge in [-0.1, -0.05) is 25.1 Å². The molecule has 0 N–H and O–H groups in total. The molecule has 1 aliphatic rings. The monoisotopic (exact) mass is 487 g/mol. The molecular weight excluding hydrogens is 461 g/mol. The standard InChI is InChI=1S/C29H26FNO5/c1-4-17-7-11-20(12-8-17)31-26(18-9-13-23(34-5-2)24(15-18)35-6-3)25-27(32)21-16-19(30)10-14-22(21)36-28(25)29(31)33/h7-16,26H,4-6H2,1-3H3. The fraction of sp³-hybridized carbons (Fsp3) is 0.241. The second-order valence-corrected chi connectivity index (χ2v) is 8.48. The van der Waals surface area contributed by atoms with Crippen molar-refractivity contribution >= 4 is 22.6 Å². The lowest BCUT2D eigenvalue weighted by atomic mass is 9.97. The number of aryl methyl sites for hydroxylation is 1. The highest BCUT2D eigenvalue weighted by Crippen LogP contribution is 2.43. The molecule has 0 saturated heterocycles. The topological polar surface area (TPSA) is 69.0 Å². The maximum Gasteiger partial charge on any atom is 0.295 e. The van der Waals surface area contributed by atoms with Crippen molar-refractivity contribution in [3.8, 4) is 11.5 Å². The number of carbonyl (C=O) groups excluding carboxylic acids is 1. The van der Waals surface area contributed by atoms with Crippen LogP contribution in [0, 0.1) is 5.82 Å². The molecule has 0 fully saturated rings. The zero-order valence-corrected chi connectivity index (χ0v) is 20.3. The van der Waals surface area contributed by atoms with E-state index in [2.05, 4.69) is 6.92 Å². The highest BCUT2D eigenvalue weighted by Gasteiger charge is 2.44. The maximum absolute atomic E-state index is 14.0. The van der Waals surface area contributed by atoms with E-state index in [1.54, 1.807) is 17.0 Å². The predicted molar refractivity (Wildman–Crippen MR) is 136 cm³/mol. The van der Waals surface area contributed by atoms with Crippen LogP contribution in [0.5, 0.6) is 11.5 Å². The van der Waals surface area contributed by atoms with Gasteiger partial charge in [0.1, 0.15) is 11.4 Å². The summed E-state index contributed by atoms with van der Waals surface area (Å²) in [4.78, 5) is 29.0. The van der Waals surface area contributed by atoms with E-state index in [4.69, 9.17) is 13.9 Å². The van der Waals surface area contributed by atoms with Crippen molar-refractivity contribution in [2.24, 2.45) is 0 Å². The number of hydrogen-bond donors (Lipinski definition) is 0. The van der Waals surface area contributed by atoms with Crippen LogP contribution in [0.4, 0.5) is 10.1 Å². The Morgan fingerprint density at radius 3 is 2.31 bits per heavy atom. The third kappa shape index (κ3) is 3.90. The van der Waals surface area contributed by atoms with E-state index < -0.39 is 23.2 Å². The Kier molecular flexibility index (Phi) is 6.22. The molecule has 1 aromatic heterocycles. The third-order valence-corrected chi connectivity index (χ3v) is 6.34. The van der Waals surface area contributed by atoms with E-state index in [0.717, 1.165) is 18.1 Å². The van der Waals surface area contributed by atoms with Gasteiger partial charge in [-0.05, 0) is 73.9 Å². The number of ether oxygens (including phenoxy) is 2. The molecule has 0 aliphatic carbocycles. The number of hydrogen-bond acceptors (Lipinski definition) is 5. The largest absolute Gasteiger partial charge is 0.490 e. The average Bonchev–Trinajstić information content (AvgIpc) is 3.18. The fourth-order valence-corrected chi connectivity index (χ4v) is 4.66. The molecule has 4 aromatic rings. The Morgan fingerprint density at radius 2 is 1.61 bits per heavy atom. The number of benzene rings is 3. The summed E-state index contributed by atoms with van der Waals surface area (Å²) in [7, 11) is 0. The van der Waals surface area contributed by atoms with Crippen molar-refractivity contribution in [1.82, 2.24) is 0 Å². The molecule has 2 heterocycles. The third-order valence-electron chi connectivity index (χ3n) is 6.34. The van der Waals surface area contributed by atoms with Crippen molar-refractivity contribution < 1.29 is 23.1 Å². The molecule has 0 radical (unpaired) electrons. The van der Waals surface area contributed by atoms with Crippen LogP contribution in [0.2, 0.25) is 0 Å². The summed E-state index contributed by atoms with van der Waals surface area (Å²) in [6.45, 7) is 6.68. The first-order chi connectivity index (χ1) is 17.5. The quantitative estimate of drug-likeness (QED) is 0.318. The van der Waals surface area contributed by atoms with E-state index in [-0.39, 0.29) is 22.3 Å². The van der Waals surface area contributed by atoms with Crippen LogP contribution in [0.15, 0.2) is 69.9 Å². The van der Waals surface area contributed by atoms with Gasteiger partial charge in [0.2, 0.25) is 5.76 Å². The van der Waals surface area contributed by atoms with Crippen LogP contribution in [-0.2, 0) is 6.42 Å². The minimum atomic E-state index is -0.793. The van der Waals surface area contributed by atoms with Gasteiger partial charge in [0, 0.05) is 5.69 Å². The summed E-state index contributed by atoms with van der Waals surface area (Å²) in [5, 5.41) is 0.0886. The molecule has 0 saturated carbocycles. The average molecular weight is 488 g/mol. The van der Waals surface area contributed by atoms with Gasteiger partial charge in [-0.25, -0.2) is 4.39 Å². The number of anilines is 1. The predicted octanol–water partition coefficient (Wildman–Crippen LogP) is 6.04. The number of amides is 1. The molecule has 1 atom stereocenters. The Morgan fingerprint density at radius 1 is 0.889 bits per heavy atom. The van der Waals surface area contributed by atoms with Crippen molar-refractivity contribution in [2.75, 3.05) is 18.1 Å². The van der Waals surface area contributed by atoms with Crippen molar-refractivity contribution in [3.05, 3.63) is 99.2 Å². The number of nitrogens with zero attached hydrogens (tertiary/aromatic N) is 1. The minimum Gasteiger partial charge on any atom is -0.490 e.